The number of hydrogen-bond acceptors (Lipinski definition) is 3. The Morgan fingerprint density at radius 2 is 2.05 bits per heavy atom. The lowest BCUT2D eigenvalue weighted by Crippen LogP contribution is -2.15. The molecule has 0 saturated heterocycles. The highest BCUT2D eigenvalue weighted by Crippen LogP contribution is 2.15. The first-order valence-corrected chi connectivity index (χ1v) is 6.83. The molecule has 0 fully saturated rings. The first-order chi connectivity index (χ1) is 9.24. The summed E-state index contributed by atoms with van der Waals surface area (Å²) in [5.41, 5.74) is 0.901. The van der Waals surface area contributed by atoms with E-state index < -0.39 is 0 Å². The SMILES string of the molecule is COCCOCCCCNCc1ccc(Cl)c(F)c1. The van der Waals surface area contributed by atoms with Crippen molar-refractivity contribution >= 4 is 11.6 Å². The van der Waals surface area contributed by atoms with Gasteiger partial charge in [-0.2, -0.15) is 0 Å². The van der Waals surface area contributed by atoms with Gasteiger partial charge < -0.3 is 14.8 Å². The van der Waals surface area contributed by atoms with Crippen LogP contribution in [0.3, 0.4) is 0 Å². The number of rotatable bonds is 10. The number of benzene rings is 1. The maximum absolute atomic E-state index is 13.2. The first-order valence-electron chi connectivity index (χ1n) is 6.45. The fourth-order valence-corrected chi connectivity index (χ4v) is 1.70. The van der Waals surface area contributed by atoms with Crippen molar-refractivity contribution in [3.8, 4) is 0 Å². The zero-order valence-electron chi connectivity index (χ0n) is 11.3. The fraction of sp³-hybridized carbons (Fsp3) is 0.571. The van der Waals surface area contributed by atoms with Crippen LogP contribution < -0.4 is 5.32 Å². The Labute approximate surface area is 119 Å². The molecule has 0 unspecified atom stereocenters. The van der Waals surface area contributed by atoms with E-state index in [-0.39, 0.29) is 10.8 Å². The Hall–Kier alpha value is -0.680. The Bertz CT molecular complexity index is 363. The molecule has 0 heterocycles. The van der Waals surface area contributed by atoms with Crippen molar-refractivity contribution in [3.05, 3.63) is 34.6 Å². The maximum atomic E-state index is 13.2. The number of unbranched alkanes of at least 4 members (excludes halogenated alkanes) is 1. The molecule has 5 heteroatoms. The predicted molar refractivity (Wildman–Crippen MR) is 75.0 cm³/mol. The van der Waals surface area contributed by atoms with Crippen molar-refractivity contribution in [2.75, 3.05) is 33.5 Å². The highest BCUT2D eigenvalue weighted by Gasteiger charge is 2.00. The second-order valence-electron chi connectivity index (χ2n) is 4.24. The van der Waals surface area contributed by atoms with Gasteiger partial charge in [0.15, 0.2) is 0 Å². The Morgan fingerprint density at radius 1 is 1.21 bits per heavy atom. The Kier molecular flexibility index (Phi) is 8.75. The van der Waals surface area contributed by atoms with Crippen LogP contribution in [0.1, 0.15) is 18.4 Å². The molecule has 0 atom stereocenters. The zero-order chi connectivity index (χ0) is 13.9. The van der Waals surface area contributed by atoms with Crippen LogP contribution in [0.15, 0.2) is 18.2 Å². The van der Waals surface area contributed by atoms with Gasteiger partial charge in [-0.3, -0.25) is 0 Å². The summed E-state index contributed by atoms with van der Waals surface area (Å²) in [7, 11) is 1.66. The van der Waals surface area contributed by atoms with Crippen LogP contribution in [-0.4, -0.2) is 33.5 Å². The molecule has 1 rings (SSSR count). The van der Waals surface area contributed by atoms with E-state index in [9.17, 15) is 4.39 Å². The molecule has 0 aromatic heterocycles. The van der Waals surface area contributed by atoms with Gasteiger partial charge in [0.2, 0.25) is 0 Å². The summed E-state index contributed by atoms with van der Waals surface area (Å²) in [4.78, 5) is 0. The smallest absolute Gasteiger partial charge is 0.142 e. The minimum atomic E-state index is -0.368. The average molecular weight is 290 g/mol. The van der Waals surface area contributed by atoms with E-state index in [2.05, 4.69) is 5.32 Å². The maximum Gasteiger partial charge on any atom is 0.142 e. The normalized spacial score (nSPS) is 10.9. The van der Waals surface area contributed by atoms with E-state index >= 15 is 0 Å². The molecule has 0 saturated carbocycles. The van der Waals surface area contributed by atoms with E-state index in [1.807, 2.05) is 6.07 Å². The Balaban J connectivity index is 2.00. The molecular formula is C14H21ClFNO2. The Morgan fingerprint density at radius 3 is 2.79 bits per heavy atom. The van der Waals surface area contributed by atoms with Gasteiger partial charge in [-0.1, -0.05) is 17.7 Å². The molecule has 0 amide bonds. The van der Waals surface area contributed by atoms with Gasteiger partial charge in [0.05, 0.1) is 18.2 Å². The monoisotopic (exact) mass is 289 g/mol. The lowest BCUT2D eigenvalue weighted by atomic mass is 10.2. The lowest BCUT2D eigenvalue weighted by Gasteiger charge is -2.06. The van der Waals surface area contributed by atoms with Gasteiger partial charge in [0, 0.05) is 20.3 Å². The van der Waals surface area contributed by atoms with Crippen LogP contribution in [0.25, 0.3) is 0 Å². The first kappa shape index (κ1) is 16.4. The van der Waals surface area contributed by atoms with Crippen LogP contribution >= 0.6 is 11.6 Å². The molecular weight excluding hydrogens is 269 g/mol. The molecule has 0 bridgehead atoms. The summed E-state index contributed by atoms with van der Waals surface area (Å²) < 4.78 is 23.4. The molecule has 0 radical (unpaired) electrons. The molecule has 108 valence electrons. The largest absolute Gasteiger partial charge is 0.382 e. The van der Waals surface area contributed by atoms with Crippen LogP contribution in [-0.2, 0) is 16.0 Å². The third-order valence-electron chi connectivity index (χ3n) is 2.64. The zero-order valence-corrected chi connectivity index (χ0v) is 12.0. The van der Waals surface area contributed by atoms with Gasteiger partial charge in [-0.15, -0.1) is 0 Å². The molecule has 0 aliphatic carbocycles. The van der Waals surface area contributed by atoms with Crippen LogP contribution in [0, 0.1) is 5.82 Å². The summed E-state index contributed by atoms with van der Waals surface area (Å²) in [5.74, 6) is -0.368. The third-order valence-corrected chi connectivity index (χ3v) is 2.94. The minimum absolute atomic E-state index is 0.164. The van der Waals surface area contributed by atoms with Crippen molar-refractivity contribution < 1.29 is 13.9 Å². The summed E-state index contributed by atoms with van der Waals surface area (Å²) >= 11 is 5.62. The number of hydrogen-bond donors (Lipinski definition) is 1. The summed E-state index contributed by atoms with van der Waals surface area (Å²) in [6.45, 7) is 3.57. The summed E-state index contributed by atoms with van der Waals surface area (Å²) in [6, 6.07) is 4.87. The van der Waals surface area contributed by atoms with Crippen molar-refractivity contribution in [2.45, 2.75) is 19.4 Å². The van der Waals surface area contributed by atoms with Gasteiger partial charge >= 0.3 is 0 Å². The lowest BCUT2D eigenvalue weighted by molar-refractivity contribution is 0.0688. The molecule has 19 heavy (non-hydrogen) atoms. The number of methoxy groups -OCH3 is 1. The molecule has 1 aromatic carbocycles. The van der Waals surface area contributed by atoms with Gasteiger partial charge in [0.25, 0.3) is 0 Å². The molecule has 0 spiro atoms. The van der Waals surface area contributed by atoms with Crippen LogP contribution in [0.2, 0.25) is 5.02 Å². The minimum Gasteiger partial charge on any atom is -0.382 e. The van der Waals surface area contributed by atoms with E-state index in [1.54, 1.807) is 13.2 Å². The quantitative estimate of drug-likeness (QED) is 0.672. The third kappa shape index (κ3) is 7.47. The summed E-state index contributed by atoms with van der Waals surface area (Å²) in [5, 5.41) is 3.42. The molecule has 3 nitrogen and oxygen atoms in total. The molecule has 1 N–H and O–H groups in total. The predicted octanol–water partition coefficient (Wildman–Crippen LogP) is 3.01. The van der Waals surface area contributed by atoms with Crippen molar-refractivity contribution in [2.24, 2.45) is 0 Å². The molecule has 1 aromatic rings. The van der Waals surface area contributed by atoms with E-state index in [0.717, 1.165) is 31.6 Å². The van der Waals surface area contributed by atoms with E-state index in [0.29, 0.717) is 19.8 Å². The van der Waals surface area contributed by atoms with Crippen molar-refractivity contribution in [1.29, 1.82) is 0 Å². The van der Waals surface area contributed by atoms with Crippen LogP contribution in [0.4, 0.5) is 4.39 Å². The van der Waals surface area contributed by atoms with Gasteiger partial charge in [-0.05, 0) is 37.1 Å². The standard InChI is InChI=1S/C14H21ClFNO2/c1-18-8-9-19-7-3-2-6-17-11-12-4-5-13(15)14(16)10-12/h4-5,10,17H,2-3,6-9,11H2,1H3. The number of ether oxygens (including phenoxy) is 2. The molecule has 0 aliphatic rings. The second-order valence-corrected chi connectivity index (χ2v) is 4.64. The van der Waals surface area contributed by atoms with Gasteiger partial charge in [0.1, 0.15) is 5.82 Å². The fourth-order valence-electron chi connectivity index (χ4n) is 1.58. The van der Waals surface area contributed by atoms with Crippen molar-refractivity contribution in [1.82, 2.24) is 5.32 Å². The summed E-state index contributed by atoms with van der Waals surface area (Å²) in [6.07, 6.45) is 2.04. The van der Waals surface area contributed by atoms with Gasteiger partial charge in [-0.25, -0.2) is 4.39 Å². The number of nitrogens with one attached hydrogen (secondary N) is 1. The van der Waals surface area contributed by atoms with Crippen molar-refractivity contribution in [3.63, 3.8) is 0 Å². The second kappa shape index (κ2) is 10.1. The topological polar surface area (TPSA) is 30.5 Å². The van der Waals surface area contributed by atoms with E-state index in [1.165, 1.54) is 6.07 Å². The average Bonchev–Trinajstić information content (AvgIpc) is 2.41. The van der Waals surface area contributed by atoms with E-state index in [4.69, 9.17) is 21.1 Å². The van der Waals surface area contributed by atoms with Crippen LogP contribution in [0.5, 0.6) is 0 Å². The molecule has 0 aliphatic heterocycles. The highest BCUT2D eigenvalue weighted by atomic mass is 35.5. The highest BCUT2D eigenvalue weighted by molar-refractivity contribution is 6.30. The number of halogens is 2.